The van der Waals surface area contributed by atoms with E-state index >= 15 is 0 Å². The highest BCUT2D eigenvalue weighted by atomic mass is 16.5. The van der Waals surface area contributed by atoms with Crippen LogP contribution in [-0.4, -0.2) is 0 Å². The summed E-state index contributed by atoms with van der Waals surface area (Å²) in [6.45, 7) is 9.78. The minimum atomic E-state index is -0.0211. The molecule has 0 aliphatic heterocycles. The normalized spacial score (nSPS) is 27.7. The van der Waals surface area contributed by atoms with E-state index in [0.717, 1.165) is 28.7 Å². The molecule has 0 heterocycles. The molecule has 0 atom stereocenters. The molecule has 0 saturated heterocycles. The Kier molecular flexibility index (Phi) is 7.25. The predicted octanol–water partition coefficient (Wildman–Crippen LogP) is 10.6. The average Bonchev–Trinajstić information content (AvgIpc) is 3.05. The Balaban J connectivity index is 1.45. The van der Waals surface area contributed by atoms with E-state index in [1.807, 2.05) is 61.0 Å². The van der Waals surface area contributed by atoms with Gasteiger partial charge in [0.25, 0.3) is 12.5 Å². The second-order valence-corrected chi connectivity index (χ2v) is 15.2. The van der Waals surface area contributed by atoms with E-state index in [2.05, 4.69) is 76.2 Å². The Morgan fingerprint density at radius 1 is 0.522 bits per heavy atom. The van der Waals surface area contributed by atoms with Crippen molar-refractivity contribution in [3.63, 3.8) is 0 Å². The molecule has 232 valence electrons. The zero-order valence-electron chi connectivity index (χ0n) is 27.3. The Bertz CT molecular complexity index is 1700. The van der Waals surface area contributed by atoms with Crippen LogP contribution in [0.5, 0.6) is 11.5 Å². The maximum absolute atomic E-state index is 9.50. The third-order valence-corrected chi connectivity index (χ3v) is 12.3. The van der Waals surface area contributed by atoms with Crippen LogP contribution in [0.2, 0.25) is 0 Å². The fourth-order valence-corrected chi connectivity index (χ4v) is 10.3. The molecule has 4 aliphatic rings. The molecule has 4 aromatic rings. The van der Waals surface area contributed by atoms with E-state index in [1.165, 1.54) is 43.2 Å². The van der Waals surface area contributed by atoms with Gasteiger partial charge in [-0.05, 0) is 119 Å². The summed E-state index contributed by atoms with van der Waals surface area (Å²) in [4.78, 5) is 0. The number of rotatable bonds is 8. The van der Waals surface area contributed by atoms with Gasteiger partial charge in [0.1, 0.15) is 11.5 Å². The molecule has 4 fully saturated rings. The van der Waals surface area contributed by atoms with Crippen molar-refractivity contribution in [2.75, 3.05) is 0 Å². The molecule has 4 heteroatoms. The Hall–Kier alpha value is -4.54. The summed E-state index contributed by atoms with van der Waals surface area (Å²) >= 11 is 0. The van der Waals surface area contributed by atoms with Gasteiger partial charge in [-0.1, -0.05) is 100 Å². The van der Waals surface area contributed by atoms with Crippen molar-refractivity contribution in [1.29, 1.82) is 10.5 Å². The van der Waals surface area contributed by atoms with Crippen LogP contribution >= 0.6 is 0 Å². The van der Waals surface area contributed by atoms with Crippen LogP contribution in [0.4, 0.5) is 0 Å². The fourth-order valence-electron chi connectivity index (χ4n) is 10.3. The Labute approximate surface area is 273 Å². The molecule has 0 spiro atoms. The van der Waals surface area contributed by atoms with E-state index in [9.17, 15) is 10.5 Å². The number of hydrogen-bond acceptors (Lipinski definition) is 4. The van der Waals surface area contributed by atoms with Crippen molar-refractivity contribution in [1.82, 2.24) is 0 Å². The van der Waals surface area contributed by atoms with E-state index in [-0.39, 0.29) is 21.7 Å². The molecule has 46 heavy (non-hydrogen) atoms. The minimum absolute atomic E-state index is 0.0211. The second-order valence-electron chi connectivity index (χ2n) is 15.2. The molecule has 0 aromatic heterocycles. The van der Waals surface area contributed by atoms with Gasteiger partial charge in [-0.15, -0.1) is 10.5 Å². The standard InChI is InChI=1S/C42H42N2O2/c1-29(2)39-21-40(30(3)4)24-41(22-39,33-15-17-37(45-27-43)35(19-33)31-11-7-5-8-12-31)26-42(23-39,25-40)34-16-18-38(46-28-44)36(20-34)32-13-9-6-10-14-32/h5-20,29-30H,21-26H2,1-4H3. The van der Waals surface area contributed by atoms with Crippen LogP contribution in [0.25, 0.3) is 22.3 Å². The van der Waals surface area contributed by atoms with Crippen molar-refractivity contribution in [2.45, 2.75) is 77.0 Å². The smallest absolute Gasteiger partial charge is 0.292 e. The fraction of sp³-hybridized carbons (Fsp3) is 0.381. The molecule has 4 aromatic carbocycles. The summed E-state index contributed by atoms with van der Waals surface area (Å²) in [5.74, 6) is 2.29. The number of ether oxygens (including phenoxy) is 2. The van der Waals surface area contributed by atoms with Gasteiger partial charge >= 0.3 is 0 Å². The highest BCUT2D eigenvalue weighted by Crippen LogP contribution is 2.77. The molecule has 0 amide bonds. The number of nitrogens with zero attached hydrogens (tertiary/aromatic N) is 2. The zero-order chi connectivity index (χ0) is 32.2. The lowest BCUT2D eigenvalue weighted by atomic mass is 9.31. The summed E-state index contributed by atoms with van der Waals surface area (Å²) in [5.41, 5.74) is 7.16. The third-order valence-electron chi connectivity index (χ3n) is 12.3. The minimum Gasteiger partial charge on any atom is -0.387 e. The number of benzene rings is 4. The molecule has 4 nitrogen and oxygen atoms in total. The first-order valence-electron chi connectivity index (χ1n) is 16.7. The SMILES string of the molecule is CC(C)C12CC3(c4ccc(OC#N)c(-c5ccccc5)c4)CC(c4ccc(OC#N)c(-c5ccccc5)c4)(C1)CC(C(C)C)(C3)C2. The summed E-state index contributed by atoms with van der Waals surface area (Å²) in [6, 6.07) is 33.9. The highest BCUT2D eigenvalue weighted by Gasteiger charge is 2.69. The van der Waals surface area contributed by atoms with Gasteiger partial charge in [0.15, 0.2) is 0 Å². The molecule has 0 radical (unpaired) electrons. The number of nitriles is 2. The van der Waals surface area contributed by atoms with Crippen LogP contribution in [-0.2, 0) is 10.8 Å². The van der Waals surface area contributed by atoms with E-state index in [1.54, 1.807) is 0 Å². The third kappa shape index (κ3) is 4.70. The topological polar surface area (TPSA) is 66.0 Å². The average molecular weight is 607 g/mol. The predicted molar refractivity (Wildman–Crippen MR) is 182 cm³/mol. The van der Waals surface area contributed by atoms with Gasteiger partial charge in [0, 0.05) is 11.1 Å². The molecular formula is C42H42N2O2. The van der Waals surface area contributed by atoms with E-state index in [4.69, 9.17) is 9.47 Å². The summed E-state index contributed by atoms with van der Waals surface area (Å²) in [7, 11) is 0. The highest BCUT2D eigenvalue weighted by molar-refractivity contribution is 5.73. The van der Waals surface area contributed by atoms with Crippen LogP contribution in [0, 0.1) is 45.7 Å². The van der Waals surface area contributed by atoms with Gasteiger partial charge < -0.3 is 9.47 Å². The van der Waals surface area contributed by atoms with Gasteiger partial charge in [0.2, 0.25) is 0 Å². The molecular weight excluding hydrogens is 564 g/mol. The summed E-state index contributed by atoms with van der Waals surface area (Å²) in [5, 5.41) is 19.0. The van der Waals surface area contributed by atoms with Gasteiger partial charge in [-0.25, -0.2) is 0 Å². The molecule has 4 bridgehead atoms. The quantitative estimate of drug-likeness (QED) is 0.187. The largest absolute Gasteiger partial charge is 0.387 e. The monoisotopic (exact) mass is 606 g/mol. The molecule has 0 unspecified atom stereocenters. The van der Waals surface area contributed by atoms with Gasteiger partial charge in [0.05, 0.1) is 0 Å². The van der Waals surface area contributed by atoms with Crippen molar-refractivity contribution < 1.29 is 9.47 Å². The first kappa shape index (κ1) is 30.1. The van der Waals surface area contributed by atoms with Crippen LogP contribution in [0.15, 0.2) is 97.1 Å². The summed E-state index contributed by atoms with van der Waals surface area (Å²) < 4.78 is 11.1. The number of hydrogen-bond donors (Lipinski definition) is 0. The molecule has 4 aliphatic carbocycles. The zero-order valence-corrected chi connectivity index (χ0v) is 27.3. The maximum atomic E-state index is 9.50. The lowest BCUT2D eigenvalue weighted by molar-refractivity contribution is -0.176. The van der Waals surface area contributed by atoms with E-state index < -0.39 is 0 Å². The van der Waals surface area contributed by atoms with Crippen molar-refractivity contribution in [3.8, 4) is 46.3 Å². The van der Waals surface area contributed by atoms with Crippen molar-refractivity contribution in [3.05, 3.63) is 108 Å². The van der Waals surface area contributed by atoms with E-state index in [0.29, 0.717) is 23.3 Å². The van der Waals surface area contributed by atoms with Crippen LogP contribution in [0.1, 0.15) is 77.3 Å². The maximum Gasteiger partial charge on any atom is 0.292 e. The van der Waals surface area contributed by atoms with Crippen LogP contribution < -0.4 is 9.47 Å². The molecule has 8 rings (SSSR count). The molecule has 4 saturated carbocycles. The molecule has 0 N–H and O–H groups in total. The Morgan fingerprint density at radius 3 is 1.26 bits per heavy atom. The van der Waals surface area contributed by atoms with Crippen LogP contribution in [0.3, 0.4) is 0 Å². The van der Waals surface area contributed by atoms with Gasteiger partial charge in [-0.3, -0.25) is 0 Å². The first-order valence-corrected chi connectivity index (χ1v) is 16.7. The lowest BCUT2D eigenvalue weighted by Gasteiger charge is -2.73. The lowest BCUT2D eigenvalue weighted by Crippen LogP contribution is -2.66. The first-order chi connectivity index (χ1) is 22.2. The Morgan fingerprint density at radius 2 is 0.913 bits per heavy atom. The van der Waals surface area contributed by atoms with Crippen molar-refractivity contribution in [2.24, 2.45) is 22.7 Å². The van der Waals surface area contributed by atoms with Gasteiger partial charge in [-0.2, -0.15) is 0 Å². The van der Waals surface area contributed by atoms with Crippen molar-refractivity contribution >= 4 is 0 Å². The second kappa shape index (κ2) is 11.1. The summed E-state index contributed by atoms with van der Waals surface area (Å²) in [6.07, 6.45) is 10.9.